The molecule has 1 aliphatic rings. The minimum Gasteiger partial charge on any atom is -0.356 e. The standard InChI is InChI=1S/C20H25BrN4O2/c1-14(26)22-12-5-13-24(2)20(27)19-17-6-3-4-7-18(17)25(23-19)16-10-8-15(21)9-11-16/h8-11H,3-7,12-13H2,1-2H3,(H,22,26). The third kappa shape index (κ3) is 4.58. The van der Waals surface area contributed by atoms with E-state index in [-0.39, 0.29) is 11.8 Å². The summed E-state index contributed by atoms with van der Waals surface area (Å²) in [6, 6.07) is 8.00. The van der Waals surface area contributed by atoms with Crippen molar-refractivity contribution in [3.63, 3.8) is 0 Å². The molecular formula is C20H25BrN4O2. The van der Waals surface area contributed by atoms with Crippen LogP contribution in [0.25, 0.3) is 5.69 Å². The van der Waals surface area contributed by atoms with Gasteiger partial charge in [0.2, 0.25) is 5.91 Å². The predicted octanol–water partition coefficient (Wildman–Crippen LogP) is 3.11. The third-order valence-electron chi connectivity index (χ3n) is 4.84. The summed E-state index contributed by atoms with van der Waals surface area (Å²) < 4.78 is 2.95. The van der Waals surface area contributed by atoms with Gasteiger partial charge in [0.1, 0.15) is 0 Å². The van der Waals surface area contributed by atoms with Crippen LogP contribution >= 0.6 is 15.9 Å². The highest BCUT2D eigenvalue weighted by Crippen LogP contribution is 2.28. The smallest absolute Gasteiger partial charge is 0.274 e. The van der Waals surface area contributed by atoms with Crippen molar-refractivity contribution in [2.24, 2.45) is 0 Å². The third-order valence-corrected chi connectivity index (χ3v) is 5.37. The van der Waals surface area contributed by atoms with Gasteiger partial charge in [-0.2, -0.15) is 5.10 Å². The van der Waals surface area contributed by atoms with E-state index in [1.54, 1.807) is 11.9 Å². The van der Waals surface area contributed by atoms with E-state index < -0.39 is 0 Å². The molecule has 6 nitrogen and oxygen atoms in total. The molecule has 1 aliphatic carbocycles. The van der Waals surface area contributed by atoms with Gasteiger partial charge in [-0.15, -0.1) is 0 Å². The first kappa shape index (κ1) is 19.6. The molecule has 0 bridgehead atoms. The molecule has 1 heterocycles. The number of amides is 2. The van der Waals surface area contributed by atoms with E-state index in [4.69, 9.17) is 5.10 Å². The SMILES string of the molecule is CC(=O)NCCCN(C)C(=O)c1nn(-c2ccc(Br)cc2)c2c1CCCC2. The number of aromatic nitrogens is 2. The van der Waals surface area contributed by atoms with E-state index in [1.807, 2.05) is 28.9 Å². The lowest BCUT2D eigenvalue weighted by Gasteiger charge is -2.18. The van der Waals surface area contributed by atoms with E-state index in [9.17, 15) is 9.59 Å². The number of benzene rings is 1. The number of nitrogens with zero attached hydrogens (tertiary/aromatic N) is 3. The molecule has 7 heteroatoms. The van der Waals surface area contributed by atoms with E-state index >= 15 is 0 Å². The highest BCUT2D eigenvalue weighted by atomic mass is 79.9. The van der Waals surface area contributed by atoms with Crippen molar-refractivity contribution in [2.45, 2.75) is 39.0 Å². The molecule has 144 valence electrons. The molecule has 3 rings (SSSR count). The van der Waals surface area contributed by atoms with Crippen LogP contribution in [-0.2, 0) is 17.6 Å². The Hall–Kier alpha value is -2.15. The fraction of sp³-hybridized carbons (Fsp3) is 0.450. The maximum atomic E-state index is 13.0. The monoisotopic (exact) mass is 432 g/mol. The van der Waals surface area contributed by atoms with Crippen LogP contribution < -0.4 is 5.32 Å². The predicted molar refractivity (Wildman–Crippen MR) is 108 cm³/mol. The highest BCUT2D eigenvalue weighted by molar-refractivity contribution is 9.10. The van der Waals surface area contributed by atoms with Gasteiger partial charge in [0.15, 0.2) is 5.69 Å². The van der Waals surface area contributed by atoms with Crippen molar-refractivity contribution in [2.75, 3.05) is 20.1 Å². The second-order valence-corrected chi connectivity index (χ2v) is 7.85. The summed E-state index contributed by atoms with van der Waals surface area (Å²) >= 11 is 3.46. The van der Waals surface area contributed by atoms with Crippen molar-refractivity contribution in [3.05, 3.63) is 45.7 Å². The topological polar surface area (TPSA) is 67.2 Å². The Labute approximate surface area is 168 Å². The molecule has 0 radical (unpaired) electrons. The molecular weight excluding hydrogens is 408 g/mol. The largest absolute Gasteiger partial charge is 0.356 e. The molecule has 2 aromatic rings. The molecule has 0 saturated carbocycles. The second kappa shape index (κ2) is 8.69. The van der Waals surface area contributed by atoms with E-state index in [0.717, 1.165) is 53.5 Å². The van der Waals surface area contributed by atoms with Crippen molar-refractivity contribution in [3.8, 4) is 5.69 Å². The highest BCUT2D eigenvalue weighted by Gasteiger charge is 2.27. The van der Waals surface area contributed by atoms with Gasteiger partial charge in [-0.3, -0.25) is 9.59 Å². The first-order chi connectivity index (χ1) is 13.0. The normalized spacial score (nSPS) is 13.1. The lowest BCUT2D eigenvalue weighted by Crippen LogP contribution is -2.31. The number of halogens is 1. The van der Waals surface area contributed by atoms with Crippen LogP contribution in [0.15, 0.2) is 28.7 Å². The Morgan fingerprint density at radius 3 is 2.63 bits per heavy atom. The molecule has 0 fully saturated rings. The van der Waals surface area contributed by atoms with Crippen LogP contribution in [-0.4, -0.2) is 46.6 Å². The van der Waals surface area contributed by atoms with Crippen LogP contribution in [0.4, 0.5) is 0 Å². The zero-order valence-corrected chi connectivity index (χ0v) is 17.4. The van der Waals surface area contributed by atoms with Crippen molar-refractivity contribution >= 4 is 27.7 Å². The van der Waals surface area contributed by atoms with Gasteiger partial charge >= 0.3 is 0 Å². The van der Waals surface area contributed by atoms with Crippen molar-refractivity contribution in [1.29, 1.82) is 0 Å². The van der Waals surface area contributed by atoms with Gasteiger partial charge in [0, 0.05) is 42.8 Å². The molecule has 1 aromatic carbocycles. The Morgan fingerprint density at radius 1 is 1.22 bits per heavy atom. The van der Waals surface area contributed by atoms with Gasteiger partial charge in [0.25, 0.3) is 5.91 Å². The lowest BCUT2D eigenvalue weighted by molar-refractivity contribution is -0.118. The average molecular weight is 433 g/mol. The fourth-order valence-corrected chi connectivity index (χ4v) is 3.69. The quantitative estimate of drug-likeness (QED) is 0.712. The molecule has 0 spiro atoms. The van der Waals surface area contributed by atoms with Crippen LogP contribution in [0.2, 0.25) is 0 Å². The first-order valence-electron chi connectivity index (χ1n) is 9.34. The van der Waals surface area contributed by atoms with E-state index in [2.05, 4.69) is 21.2 Å². The Balaban J connectivity index is 1.81. The Morgan fingerprint density at radius 2 is 1.93 bits per heavy atom. The van der Waals surface area contributed by atoms with Gasteiger partial charge in [-0.25, -0.2) is 4.68 Å². The van der Waals surface area contributed by atoms with Gasteiger partial charge in [-0.1, -0.05) is 15.9 Å². The summed E-state index contributed by atoms with van der Waals surface area (Å²) in [5.41, 5.74) is 3.78. The molecule has 0 aliphatic heterocycles. The molecule has 0 atom stereocenters. The van der Waals surface area contributed by atoms with Crippen LogP contribution in [0, 0.1) is 0 Å². The summed E-state index contributed by atoms with van der Waals surface area (Å²) in [6.07, 6.45) is 4.77. The lowest BCUT2D eigenvalue weighted by atomic mass is 9.95. The summed E-state index contributed by atoms with van der Waals surface area (Å²) in [7, 11) is 1.80. The summed E-state index contributed by atoms with van der Waals surface area (Å²) in [6.45, 7) is 2.65. The zero-order chi connectivity index (χ0) is 19.4. The summed E-state index contributed by atoms with van der Waals surface area (Å²) in [5.74, 6) is -0.0990. The second-order valence-electron chi connectivity index (χ2n) is 6.93. The molecule has 27 heavy (non-hydrogen) atoms. The zero-order valence-electron chi connectivity index (χ0n) is 15.8. The number of carbonyl (C=O) groups excluding carboxylic acids is 2. The molecule has 0 saturated heterocycles. The number of rotatable bonds is 6. The van der Waals surface area contributed by atoms with E-state index in [1.165, 1.54) is 6.92 Å². The van der Waals surface area contributed by atoms with E-state index in [0.29, 0.717) is 18.8 Å². The molecule has 1 aromatic heterocycles. The minimum absolute atomic E-state index is 0.0492. The number of carbonyl (C=O) groups is 2. The van der Waals surface area contributed by atoms with Crippen LogP contribution in [0.5, 0.6) is 0 Å². The number of hydrogen-bond acceptors (Lipinski definition) is 3. The van der Waals surface area contributed by atoms with Crippen molar-refractivity contribution in [1.82, 2.24) is 20.0 Å². The maximum Gasteiger partial charge on any atom is 0.274 e. The molecule has 2 amide bonds. The van der Waals surface area contributed by atoms with Gasteiger partial charge in [-0.05, 0) is 56.4 Å². The van der Waals surface area contributed by atoms with Crippen LogP contribution in [0.3, 0.4) is 0 Å². The molecule has 0 unspecified atom stereocenters. The average Bonchev–Trinajstić information content (AvgIpc) is 3.04. The van der Waals surface area contributed by atoms with Crippen LogP contribution in [0.1, 0.15) is 47.9 Å². The van der Waals surface area contributed by atoms with Gasteiger partial charge in [0.05, 0.1) is 5.69 Å². The fourth-order valence-electron chi connectivity index (χ4n) is 3.43. The molecule has 1 N–H and O–H groups in total. The maximum absolute atomic E-state index is 13.0. The number of fused-ring (bicyclic) bond motifs is 1. The first-order valence-corrected chi connectivity index (χ1v) is 10.1. The summed E-state index contributed by atoms with van der Waals surface area (Å²) in [4.78, 5) is 25.7. The minimum atomic E-state index is -0.0497. The number of nitrogens with one attached hydrogen (secondary N) is 1. The van der Waals surface area contributed by atoms with Crippen molar-refractivity contribution < 1.29 is 9.59 Å². The Bertz CT molecular complexity index is 829. The number of hydrogen-bond donors (Lipinski definition) is 1. The summed E-state index contributed by atoms with van der Waals surface area (Å²) in [5, 5.41) is 7.47. The Kier molecular flexibility index (Phi) is 6.31. The van der Waals surface area contributed by atoms with Gasteiger partial charge < -0.3 is 10.2 Å².